The van der Waals surface area contributed by atoms with Gasteiger partial charge in [0.05, 0.1) is 12.5 Å². The Bertz CT molecular complexity index is 828. The van der Waals surface area contributed by atoms with Gasteiger partial charge < -0.3 is 16.4 Å². The third kappa shape index (κ3) is 8.35. The minimum absolute atomic E-state index is 0. The number of aliphatic imine (C=N–C) groups is 1. The monoisotopic (exact) mass is 516 g/mol. The highest BCUT2D eigenvalue weighted by Gasteiger charge is 2.16. The number of nitrogens with zero attached hydrogens (tertiary/aromatic N) is 1. The van der Waals surface area contributed by atoms with Gasteiger partial charge in [-0.15, -0.1) is 24.0 Å². The standard InChI is InChI=1S/C21H26F2N4O.HI/c1-3-25-21(26-12-16-5-4-14(2)19(23)11-16)27-13-17(20(24)28)10-15-6-8-18(22)9-7-15;/h4-9,11,17H,3,10,12-13H2,1-2H3,(H2,24,28)(H2,25,26,27);1H. The van der Waals surface area contributed by atoms with Crippen LogP contribution in [0.1, 0.15) is 23.6 Å². The van der Waals surface area contributed by atoms with Gasteiger partial charge in [-0.25, -0.2) is 13.8 Å². The van der Waals surface area contributed by atoms with Crippen molar-refractivity contribution >= 4 is 35.8 Å². The summed E-state index contributed by atoms with van der Waals surface area (Å²) in [5, 5.41) is 6.19. The van der Waals surface area contributed by atoms with Crippen LogP contribution in [0.3, 0.4) is 0 Å². The maximum absolute atomic E-state index is 13.7. The van der Waals surface area contributed by atoms with Crippen molar-refractivity contribution in [3.63, 3.8) is 0 Å². The second kappa shape index (κ2) is 12.4. The summed E-state index contributed by atoms with van der Waals surface area (Å²) < 4.78 is 26.7. The minimum atomic E-state index is -0.480. The van der Waals surface area contributed by atoms with E-state index in [9.17, 15) is 13.6 Å². The van der Waals surface area contributed by atoms with E-state index in [0.29, 0.717) is 31.0 Å². The molecule has 0 saturated carbocycles. The highest BCUT2D eigenvalue weighted by Crippen LogP contribution is 2.11. The fourth-order valence-electron chi connectivity index (χ4n) is 2.65. The molecule has 2 aromatic rings. The average molecular weight is 516 g/mol. The van der Waals surface area contributed by atoms with Gasteiger partial charge >= 0.3 is 0 Å². The van der Waals surface area contributed by atoms with Crippen molar-refractivity contribution in [1.82, 2.24) is 10.6 Å². The first kappa shape index (κ1) is 24.8. The lowest BCUT2D eigenvalue weighted by molar-refractivity contribution is -0.121. The number of primary amides is 1. The number of amides is 1. The van der Waals surface area contributed by atoms with Crippen molar-refractivity contribution in [2.45, 2.75) is 26.8 Å². The van der Waals surface area contributed by atoms with Crippen molar-refractivity contribution < 1.29 is 13.6 Å². The topological polar surface area (TPSA) is 79.5 Å². The molecule has 0 radical (unpaired) electrons. The third-order valence-corrected chi connectivity index (χ3v) is 4.31. The molecule has 2 rings (SSSR count). The summed E-state index contributed by atoms with van der Waals surface area (Å²) in [6.07, 6.45) is 0.394. The number of halogens is 3. The summed E-state index contributed by atoms with van der Waals surface area (Å²) >= 11 is 0. The number of rotatable bonds is 8. The number of guanidine groups is 1. The Hall–Kier alpha value is -2.23. The Labute approximate surface area is 187 Å². The molecule has 0 fully saturated rings. The highest BCUT2D eigenvalue weighted by molar-refractivity contribution is 14.0. The van der Waals surface area contributed by atoms with E-state index in [4.69, 9.17) is 5.73 Å². The number of hydrogen-bond donors (Lipinski definition) is 3. The maximum atomic E-state index is 13.7. The zero-order chi connectivity index (χ0) is 20.5. The molecule has 2 aromatic carbocycles. The Kier molecular flexibility index (Phi) is 10.6. The molecule has 0 aliphatic carbocycles. The molecule has 0 spiro atoms. The van der Waals surface area contributed by atoms with E-state index in [1.54, 1.807) is 25.1 Å². The zero-order valence-electron chi connectivity index (χ0n) is 16.5. The molecule has 0 aliphatic heterocycles. The van der Waals surface area contributed by atoms with Gasteiger partial charge in [0.1, 0.15) is 11.6 Å². The lowest BCUT2D eigenvalue weighted by Crippen LogP contribution is -2.43. The quantitative estimate of drug-likeness (QED) is 0.286. The van der Waals surface area contributed by atoms with Crippen molar-refractivity contribution in [1.29, 1.82) is 0 Å². The first-order valence-electron chi connectivity index (χ1n) is 9.20. The molecule has 0 bridgehead atoms. The number of nitrogens with one attached hydrogen (secondary N) is 2. The molecule has 1 atom stereocenters. The summed E-state index contributed by atoms with van der Waals surface area (Å²) in [7, 11) is 0. The van der Waals surface area contributed by atoms with Crippen LogP contribution in [0.25, 0.3) is 0 Å². The number of benzene rings is 2. The summed E-state index contributed by atoms with van der Waals surface area (Å²) in [4.78, 5) is 16.2. The average Bonchev–Trinajstić information content (AvgIpc) is 2.66. The molecule has 4 N–H and O–H groups in total. The summed E-state index contributed by atoms with van der Waals surface area (Å²) in [5.74, 6) is -1.02. The van der Waals surface area contributed by atoms with E-state index in [1.807, 2.05) is 13.0 Å². The van der Waals surface area contributed by atoms with Crippen molar-refractivity contribution in [3.05, 3.63) is 70.8 Å². The molecule has 0 aliphatic rings. The first-order chi connectivity index (χ1) is 13.4. The Balaban J connectivity index is 0.00000420. The number of nitrogens with two attached hydrogens (primary N) is 1. The minimum Gasteiger partial charge on any atom is -0.369 e. The zero-order valence-corrected chi connectivity index (χ0v) is 18.9. The van der Waals surface area contributed by atoms with E-state index in [1.165, 1.54) is 18.2 Å². The van der Waals surface area contributed by atoms with Crippen molar-refractivity contribution in [2.24, 2.45) is 16.6 Å². The Morgan fingerprint density at radius 2 is 1.76 bits per heavy atom. The van der Waals surface area contributed by atoms with Crippen LogP contribution in [-0.4, -0.2) is 25.0 Å². The molecule has 5 nitrogen and oxygen atoms in total. The fraction of sp³-hybridized carbons (Fsp3) is 0.333. The summed E-state index contributed by atoms with van der Waals surface area (Å²) in [5.41, 5.74) is 7.67. The van der Waals surface area contributed by atoms with Gasteiger partial charge in [0, 0.05) is 13.1 Å². The predicted octanol–water partition coefficient (Wildman–Crippen LogP) is 3.29. The molecule has 1 unspecified atom stereocenters. The largest absolute Gasteiger partial charge is 0.369 e. The molecule has 158 valence electrons. The van der Waals surface area contributed by atoms with E-state index >= 15 is 0 Å². The number of hydrogen-bond acceptors (Lipinski definition) is 2. The van der Waals surface area contributed by atoms with Crippen LogP contribution in [0.5, 0.6) is 0 Å². The second-order valence-electron chi connectivity index (χ2n) is 6.59. The number of carbonyl (C=O) groups excluding carboxylic acids is 1. The van der Waals surface area contributed by atoms with Crippen LogP contribution in [0.4, 0.5) is 8.78 Å². The van der Waals surface area contributed by atoms with E-state index in [2.05, 4.69) is 15.6 Å². The molecule has 1 amide bonds. The molecule has 8 heteroatoms. The molecule has 0 saturated heterocycles. The molecular formula is C21H27F2IN4O. The second-order valence-corrected chi connectivity index (χ2v) is 6.59. The Morgan fingerprint density at radius 3 is 2.34 bits per heavy atom. The van der Waals surface area contributed by atoms with Gasteiger partial charge in [0.2, 0.25) is 5.91 Å². The van der Waals surface area contributed by atoms with E-state index in [-0.39, 0.29) is 42.2 Å². The van der Waals surface area contributed by atoms with Crippen LogP contribution >= 0.6 is 24.0 Å². The fourth-order valence-corrected chi connectivity index (χ4v) is 2.65. The molecular weight excluding hydrogens is 489 g/mol. The van der Waals surface area contributed by atoms with E-state index in [0.717, 1.165) is 11.1 Å². The summed E-state index contributed by atoms with van der Waals surface area (Å²) in [6.45, 7) is 4.84. The number of aryl methyl sites for hydroxylation is 1. The van der Waals surface area contributed by atoms with Gasteiger partial charge in [-0.2, -0.15) is 0 Å². The lowest BCUT2D eigenvalue weighted by atomic mass is 9.98. The van der Waals surface area contributed by atoms with E-state index < -0.39 is 11.8 Å². The molecule has 0 aromatic heterocycles. The van der Waals surface area contributed by atoms with Crippen molar-refractivity contribution in [2.75, 3.05) is 13.1 Å². The van der Waals surface area contributed by atoms with Crippen LogP contribution < -0.4 is 16.4 Å². The number of carbonyl (C=O) groups is 1. The van der Waals surface area contributed by atoms with Crippen LogP contribution in [-0.2, 0) is 17.8 Å². The SMILES string of the molecule is CCNC(=NCc1ccc(C)c(F)c1)NCC(Cc1ccc(F)cc1)C(N)=O.I. The van der Waals surface area contributed by atoms with Gasteiger partial charge in [-0.1, -0.05) is 24.3 Å². The van der Waals surface area contributed by atoms with Crippen molar-refractivity contribution in [3.8, 4) is 0 Å². The van der Waals surface area contributed by atoms with Gasteiger partial charge in [0.25, 0.3) is 0 Å². The molecule has 29 heavy (non-hydrogen) atoms. The first-order valence-corrected chi connectivity index (χ1v) is 9.20. The van der Waals surface area contributed by atoms with Gasteiger partial charge in [-0.3, -0.25) is 4.79 Å². The van der Waals surface area contributed by atoms with Gasteiger partial charge in [0.15, 0.2) is 5.96 Å². The van der Waals surface area contributed by atoms with Crippen LogP contribution in [0.2, 0.25) is 0 Å². The molecule has 0 heterocycles. The third-order valence-electron chi connectivity index (χ3n) is 4.31. The summed E-state index contributed by atoms with van der Waals surface area (Å²) in [6, 6.07) is 11.0. The maximum Gasteiger partial charge on any atom is 0.222 e. The normalized spacial score (nSPS) is 12.1. The lowest BCUT2D eigenvalue weighted by Gasteiger charge is -2.17. The predicted molar refractivity (Wildman–Crippen MR) is 122 cm³/mol. The van der Waals surface area contributed by atoms with Crippen LogP contribution in [0, 0.1) is 24.5 Å². The van der Waals surface area contributed by atoms with Crippen LogP contribution in [0.15, 0.2) is 47.5 Å². The Morgan fingerprint density at radius 1 is 1.10 bits per heavy atom. The smallest absolute Gasteiger partial charge is 0.222 e. The van der Waals surface area contributed by atoms with Gasteiger partial charge in [-0.05, 0) is 55.2 Å². The highest BCUT2D eigenvalue weighted by atomic mass is 127.